The average Bonchev–Trinajstić information content (AvgIpc) is 2.83. The number of hydrogen-bond donors (Lipinski definition) is 0. The third kappa shape index (κ3) is 5.35. The van der Waals surface area contributed by atoms with Gasteiger partial charge in [-0.05, 0) is 42.9 Å². The summed E-state index contributed by atoms with van der Waals surface area (Å²) in [6.45, 7) is 5.67. The summed E-state index contributed by atoms with van der Waals surface area (Å²) < 4.78 is 1.25. The predicted molar refractivity (Wildman–Crippen MR) is 127 cm³/mol. The van der Waals surface area contributed by atoms with Gasteiger partial charge in [-0.25, -0.2) is 4.68 Å². The topological polar surface area (TPSA) is 85.2 Å². The normalized spacial score (nSPS) is 14.7. The second-order valence-electron chi connectivity index (χ2n) is 9.20. The van der Waals surface area contributed by atoms with Crippen LogP contribution < -0.4 is 5.56 Å². The number of nitrogens with zero attached hydrogens (tertiary/aromatic N) is 4. The number of benzene rings is 2. The molecule has 0 unspecified atom stereocenters. The Hall–Kier alpha value is -3.35. The second kappa shape index (κ2) is 10.1. The summed E-state index contributed by atoms with van der Waals surface area (Å²) in [5.74, 6) is 0.663. The summed E-state index contributed by atoms with van der Waals surface area (Å²) in [7, 11) is 0. The van der Waals surface area contributed by atoms with Crippen LogP contribution in [0, 0.1) is 11.8 Å². The minimum atomic E-state index is -0.239. The van der Waals surface area contributed by atoms with E-state index in [1.165, 1.54) is 10.2 Å². The van der Waals surface area contributed by atoms with Gasteiger partial charge in [-0.3, -0.25) is 14.4 Å². The van der Waals surface area contributed by atoms with Gasteiger partial charge in [0.25, 0.3) is 5.56 Å². The third-order valence-electron chi connectivity index (χ3n) is 6.27. The monoisotopic (exact) mass is 446 g/mol. The van der Waals surface area contributed by atoms with Crippen LogP contribution in [-0.2, 0) is 17.8 Å². The van der Waals surface area contributed by atoms with E-state index in [1.54, 1.807) is 29.2 Å². The molecule has 2 heterocycles. The van der Waals surface area contributed by atoms with Crippen molar-refractivity contribution >= 4 is 22.6 Å². The van der Waals surface area contributed by atoms with Gasteiger partial charge in [-0.1, -0.05) is 55.5 Å². The molecule has 0 radical (unpaired) electrons. The summed E-state index contributed by atoms with van der Waals surface area (Å²) >= 11 is 0. The van der Waals surface area contributed by atoms with Crippen molar-refractivity contribution in [2.75, 3.05) is 13.1 Å². The van der Waals surface area contributed by atoms with Crippen molar-refractivity contribution < 1.29 is 9.59 Å². The number of carbonyl (C=O) groups excluding carboxylic acids is 2. The molecule has 4 rings (SSSR count). The molecule has 1 aromatic heterocycles. The zero-order chi connectivity index (χ0) is 23.4. The standard InChI is InChI=1S/C26H30N4O3/c1-18(2)17-19-7-9-20(10-8-19)25(32)21-11-14-29(15-12-21)24(31)13-16-30-26(33)22-5-3-4-6-23(22)27-28-30/h3-10,18,21H,11-17H2,1-2H3. The van der Waals surface area contributed by atoms with Crippen LogP contribution in [0.2, 0.25) is 0 Å². The van der Waals surface area contributed by atoms with E-state index in [4.69, 9.17) is 0 Å². The number of piperidine rings is 1. The Morgan fingerprint density at radius 1 is 1.03 bits per heavy atom. The smallest absolute Gasteiger partial charge is 0.277 e. The van der Waals surface area contributed by atoms with Crippen LogP contribution in [0.25, 0.3) is 10.9 Å². The Morgan fingerprint density at radius 3 is 2.42 bits per heavy atom. The molecule has 0 N–H and O–H groups in total. The molecule has 7 nitrogen and oxygen atoms in total. The molecular weight excluding hydrogens is 416 g/mol. The van der Waals surface area contributed by atoms with Crippen LogP contribution in [0.15, 0.2) is 53.3 Å². The lowest BCUT2D eigenvalue weighted by Gasteiger charge is -2.31. The summed E-state index contributed by atoms with van der Waals surface area (Å²) in [4.78, 5) is 39.9. The molecule has 7 heteroatoms. The Balaban J connectivity index is 1.29. The zero-order valence-electron chi connectivity index (χ0n) is 19.2. The summed E-state index contributed by atoms with van der Waals surface area (Å²) in [5.41, 5.74) is 2.31. The van der Waals surface area contributed by atoms with Crippen LogP contribution in [-0.4, -0.2) is 44.7 Å². The highest BCUT2D eigenvalue weighted by Gasteiger charge is 2.28. The minimum Gasteiger partial charge on any atom is -0.343 e. The number of likely N-dealkylation sites (tertiary alicyclic amines) is 1. The molecule has 0 aliphatic carbocycles. The first-order valence-corrected chi connectivity index (χ1v) is 11.7. The average molecular weight is 447 g/mol. The van der Waals surface area contributed by atoms with Crippen LogP contribution in [0.1, 0.15) is 49.0 Å². The van der Waals surface area contributed by atoms with E-state index in [2.05, 4.69) is 24.2 Å². The van der Waals surface area contributed by atoms with Crippen LogP contribution >= 0.6 is 0 Å². The molecule has 0 spiro atoms. The SMILES string of the molecule is CC(C)Cc1ccc(C(=O)C2CCN(C(=O)CCn3nnc4ccccc4c3=O)CC2)cc1. The van der Waals surface area contributed by atoms with Gasteiger partial charge in [0.05, 0.1) is 11.9 Å². The number of fused-ring (bicyclic) bond motifs is 1. The Kier molecular flexibility index (Phi) is 6.96. The number of hydrogen-bond acceptors (Lipinski definition) is 5. The Bertz CT molecular complexity index is 1190. The summed E-state index contributed by atoms with van der Waals surface area (Å²) in [6.07, 6.45) is 2.51. The van der Waals surface area contributed by atoms with E-state index in [-0.39, 0.29) is 36.1 Å². The van der Waals surface area contributed by atoms with Crippen LogP contribution in [0.5, 0.6) is 0 Å². The van der Waals surface area contributed by atoms with Gasteiger partial charge in [0.1, 0.15) is 5.52 Å². The maximum absolute atomic E-state index is 12.9. The highest BCUT2D eigenvalue weighted by atomic mass is 16.2. The lowest BCUT2D eigenvalue weighted by molar-refractivity contribution is -0.132. The van der Waals surface area contributed by atoms with E-state index in [1.807, 2.05) is 24.3 Å². The fourth-order valence-electron chi connectivity index (χ4n) is 4.43. The molecule has 0 atom stereocenters. The highest BCUT2D eigenvalue weighted by molar-refractivity contribution is 5.98. The molecular formula is C26H30N4O3. The fourth-order valence-corrected chi connectivity index (χ4v) is 4.43. The molecule has 2 aromatic carbocycles. The van der Waals surface area contributed by atoms with Crippen molar-refractivity contribution in [2.24, 2.45) is 11.8 Å². The van der Waals surface area contributed by atoms with Gasteiger partial charge in [0, 0.05) is 31.0 Å². The fraction of sp³-hybridized carbons (Fsp3) is 0.423. The largest absolute Gasteiger partial charge is 0.343 e. The molecule has 1 amide bonds. The van der Waals surface area contributed by atoms with Crippen molar-refractivity contribution in [3.63, 3.8) is 0 Å². The number of Topliss-reactive ketones (excluding diaryl/α,β-unsaturated/α-hetero) is 1. The quantitative estimate of drug-likeness (QED) is 0.519. The number of ketones is 1. The molecule has 1 aliphatic rings. The van der Waals surface area contributed by atoms with Gasteiger partial charge < -0.3 is 4.90 Å². The number of rotatable bonds is 7. The van der Waals surface area contributed by atoms with E-state index < -0.39 is 0 Å². The summed E-state index contributed by atoms with van der Waals surface area (Å²) in [5, 5.41) is 8.51. The number of carbonyl (C=O) groups is 2. The van der Waals surface area contributed by atoms with Crippen molar-refractivity contribution in [1.29, 1.82) is 0 Å². The molecule has 1 saturated heterocycles. The van der Waals surface area contributed by atoms with Gasteiger partial charge in [0.2, 0.25) is 5.91 Å². The van der Waals surface area contributed by atoms with Crippen molar-refractivity contribution in [3.8, 4) is 0 Å². The number of amides is 1. The van der Waals surface area contributed by atoms with Gasteiger partial charge >= 0.3 is 0 Å². The third-order valence-corrected chi connectivity index (χ3v) is 6.27. The first-order chi connectivity index (χ1) is 15.9. The van der Waals surface area contributed by atoms with Crippen LogP contribution in [0.3, 0.4) is 0 Å². The van der Waals surface area contributed by atoms with Crippen molar-refractivity contribution in [3.05, 3.63) is 70.0 Å². The number of aromatic nitrogens is 3. The predicted octanol–water partition coefficient (Wildman–Crippen LogP) is 3.50. The zero-order valence-corrected chi connectivity index (χ0v) is 19.2. The highest BCUT2D eigenvalue weighted by Crippen LogP contribution is 2.23. The first kappa shape index (κ1) is 22.8. The molecule has 1 fully saturated rings. The Morgan fingerprint density at radius 2 is 1.73 bits per heavy atom. The second-order valence-corrected chi connectivity index (χ2v) is 9.20. The Labute approximate surface area is 193 Å². The molecule has 33 heavy (non-hydrogen) atoms. The van der Waals surface area contributed by atoms with E-state index in [0.717, 1.165) is 12.0 Å². The first-order valence-electron chi connectivity index (χ1n) is 11.7. The van der Waals surface area contributed by atoms with Crippen molar-refractivity contribution in [2.45, 2.75) is 46.1 Å². The summed E-state index contributed by atoms with van der Waals surface area (Å²) in [6, 6.07) is 15.0. The van der Waals surface area contributed by atoms with Crippen molar-refractivity contribution in [1.82, 2.24) is 19.9 Å². The van der Waals surface area contributed by atoms with E-state index in [0.29, 0.717) is 42.8 Å². The van der Waals surface area contributed by atoms with E-state index >= 15 is 0 Å². The van der Waals surface area contributed by atoms with Crippen LogP contribution in [0.4, 0.5) is 0 Å². The minimum absolute atomic E-state index is 0.0270. The maximum Gasteiger partial charge on any atom is 0.277 e. The van der Waals surface area contributed by atoms with E-state index in [9.17, 15) is 14.4 Å². The molecule has 1 aliphatic heterocycles. The molecule has 0 bridgehead atoms. The van der Waals surface area contributed by atoms with Gasteiger partial charge in [-0.2, -0.15) is 0 Å². The lowest BCUT2D eigenvalue weighted by atomic mass is 9.88. The van der Waals surface area contributed by atoms with Gasteiger partial charge in [-0.15, -0.1) is 5.10 Å². The maximum atomic E-state index is 12.9. The lowest BCUT2D eigenvalue weighted by Crippen LogP contribution is -2.41. The molecule has 3 aromatic rings. The molecule has 0 saturated carbocycles. The number of aryl methyl sites for hydroxylation is 1. The van der Waals surface area contributed by atoms with Gasteiger partial charge in [0.15, 0.2) is 5.78 Å². The molecule has 172 valence electrons.